The van der Waals surface area contributed by atoms with E-state index in [1.807, 2.05) is 24.3 Å². The normalized spacial score (nSPS) is 10.2. The van der Waals surface area contributed by atoms with Crippen LogP contribution < -0.4 is 9.47 Å². The number of benzene rings is 2. The molecular weight excluding hydrogens is 380 g/mol. The van der Waals surface area contributed by atoms with Gasteiger partial charge in [0.2, 0.25) is 0 Å². The molecule has 3 rings (SSSR count). The number of hydrogen-bond acceptors (Lipinski definition) is 6. The Labute approximate surface area is 175 Å². The first-order valence-electron chi connectivity index (χ1n) is 9.59. The molecule has 1 aromatic heterocycles. The van der Waals surface area contributed by atoms with Gasteiger partial charge in [-0.15, -0.1) is 0 Å². The van der Waals surface area contributed by atoms with Gasteiger partial charge < -0.3 is 14.2 Å². The van der Waals surface area contributed by atoms with Crippen LogP contribution in [0.1, 0.15) is 28.4 Å². The highest BCUT2D eigenvalue weighted by Crippen LogP contribution is 2.28. The number of hydrogen-bond donors (Lipinski definition) is 0. The van der Waals surface area contributed by atoms with Gasteiger partial charge in [0, 0.05) is 18.2 Å². The summed E-state index contributed by atoms with van der Waals surface area (Å²) < 4.78 is 16.3. The molecule has 6 nitrogen and oxygen atoms in total. The lowest BCUT2D eigenvalue weighted by Gasteiger charge is -2.12. The first-order valence-corrected chi connectivity index (χ1v) is 9.59. The molecule has 0 bridgehead atoms. The highest BCUT2D eigenvalue weighted by Gasteiger charge is 2.16. The van der Waals surface area contributed by atoms with Crippen molar-refractivity contribution >= 4 is 5.97 Å². The molecular formula is C24H22N2O4. The predicted octanol–water partition coefficient (Wildman–Crippen LogP) is 4.43. The Kier molecular flexibility index (Phi) is 7.01. The zero-order valence-corrected chi connectivity index (χ0v) is 16.9. The van der Waals surface area contributed by atoms with E-state index in [9.17, 15) is 10.1 Å². The van der Waals surface area contributed by atoms with Gasteiger partial charge in [0.25, 0.3) is 0 Å². The minimum absolute atomic E-state index is 0.273. The van der Waals surface area contributed by atoms with Crippen LogP contribution in [0.25, 0.3) is 11.3 Å². The van der Waals surface area contributed by atoms with Crippen LogP contribution in [0.3, 0.4) is 0 Å². The summed E-state index contributed by atoms with van der Waals surface area (Å²) in [5, 5.41) is 9.59. The molecule has 30 heavy (non-hydrogen) atoms. The Morgan fingerprint density at radius 2 is 1.93 bits per heavy atom. The van der Waals surface area contributed by atoms with E-state index >= 15 is 0 Å². The Morgan fingerprint density at radius 3 is 2.70 bits per heavy atom. The standard InChI is InChI=1S/C24H22N2O4/c1-3-29-24(27)20-8-6-13-26-23(20)18-10-11-22(19(15-18)16-25)30-14-12-17-7-4-5-9-21(17)28-2/h4-11,13,15H,3,12,14H2,1-2H3. The van der Waals surface area contributed by atoms with Gasteiger partial charge >= 0.3 is 5.97 Å². The van der Waals surface area contributed by atoms with E-state index in [1.165, 1.54) is 0 Å². The summed E-state index contributed by atoms with van der Waals surface area (Å²) in [5.41, 5.74) is 2.86. The fourth-order valence-corrected chi connectivity index (χ4v) is 3.08. The maximum absolute atomic E-state index is 12.2. The second-order valence-electron chi connectivity index (χ2n) is 6.35. The van der Waals surface area contributed by atoms with Crippen molar-refractivity contribution in [1.82, 2.24) is 4.98 Å². The van der Waals surface area contributed by atoms with Crippen molar-refractivity contribution < 1.29 is 19.0 Å². The lowest BCUT2D eigenvalue weighted by atomic mass is 10.0. The highest BCUT2D eigenvalue weighted by atomic mass is 16.5. The van der Waals surface area contributed by atoms with Crippen LogP contribution in [0.5, 0.6) is 11.5 Å². The van der Waals surface area contributed by atoms with E-state index in [4.69, 9.17) is 14.2 Å². The first-order chi connectivity index (χ1) is 14.7. The Morgan fingerprint density at radius 1 is 1.10 bits per heavy atom. The van der Waals surface area contributed by atoms with E-state index in [-0.39, 0.29) is 6.61 Å². The number of nitrogens with zero attached hydrogens (tertiary/aromatic N) is 2. The molecule has 0 saturated carbocycles. The number of pyridine rings is 1. The smallest absolute Gasteiger partial charge is 0.340 e. The molecule has 0 amide bonds. The third-order valence-corrected chi connectivity index (χ3v) is 4.50. The summed E-state index contributed by atoms with van der Waals surface area (Å²) in [6.07, 6.45) is 2.24. The molecule has 0 unspecified atom stereocenters. The number of esters is 1. The van der Waals surface area contributed by atoms with Crippen LogP contribution in [0.15, 0.2) is 60.8 Å². The van der Waals surface area contributed by atoms with Crippen LogP contribution in [-0.2, 0) is 11.2 Å². The highest BCUT2D eigenvalue weighted by molar-refractivity contribution is 5.96. The fraction of sp³-hybridized carbons (Fsp3) is 0.208. The van der Waals surface area contributed by atoms with Crippen molar-refractivity contribution in [2.45, 2.75) is 13.3 Å². The Hall–Kier alpha value is -3.85. The number of methoxy groups -OCH3 is 1. The largest absolute Gasteiger partial charge is 0.496 e. The van der Waals surface area contributed by atoms with Crippen LogP contribution in [-0.4, -0.2) is 31.3 Å². The molecule has 0 aliphatic carbocycles. The molecule has 2 aromatic carbocycles. The number of aromatic nitrogens is 1. The summed E-state index contributed by atoms with van der Waals surface area (Å²) in [6.45, 7) is 2.42. The molecule has 0 aliphatic rings. The Bertz CT molecular complexity index is 1070. The summed E-state index contributed by atoms with van der Waals surface area (Å²) in [7, 11) is 1.63. The van der Waals surface area contributed by atoms with E-state index in [2.05, 4.69) is 11.1 Å². The third-order valence-electron chi connectivity index (χ3n) is 4.50. The van der Waals surface area contributed by atoms with Gasteiger partial charge in [0.05, 0.1) is 37.1 Å². The average molecular weight is 402 g/mol. The predicted molar refractivity (Wildman–Crippen MR) is 113 cm³/mol. The van der Waals surface area contributed by atoms with E-state index in [1.54, 1.807) is 50.6 Å². The van der Waals surface area contributed by atoms with Crippen molar-refractivity contribution in [3.8, 4) is 28.8 Å². The maximum Gasteiger partial charge on any atom is 0.340 e. The topological polar surface area (TPSA) is 81.4 Å². The summed E-state index contributed by atoms with van der Waals surface area (Å²) in [4.78, 5) is 16.5. The number of carbonyl (C=O) groups excluding carboxylic acids is 1. The van der Waals surface area contributed by atoms with Gasteiger partial charge in [0.15, 0.2) is 0 Å². The van der Waals surface area contributed by atoms with Crippen molar-refractivity contribution in [1.29, 1.82) is 5.26 Å². The third kappa shape index (κ3) is 4.76. The first kappa shape index (κ1) is 20.9. The van der Waals surface area contributed by atoms with Crippen LogP contribution >= 0.6 is 0 Å². The van der Waals surface area contributed by atoms with Gasteiger partial charge in [0.1, 0.15) is 17.6 Å². The minimum Gasteiger partial charge on any atom is -0.496 e. The second-order valence-corrected chi connectivity index (χ2v) is 6.35. The van der Waals surface area contributed by atoms with Crippen molar-refractivity contribution in [3.63, 3.8) is 0 Å². The molecule has 6 heteroatoms. The quantitative estimate of drug-likeness (QED) is 0.519. The second kappa shape index (κ2) is 10.1. The maximum atomic E-state index is 12.2. The molecule has 0 radical (unpaired) electrons. The van der Waals surface area contributed by atoms with Gasteiger partial charge in [-0.25, -0.2) is 4.79 Å². The van der Waals surface area contributed by atoms with Gasteiger partial charge in [-0.3, -0.25) is 4.98 Å². The molecule has 0 N–H and O–H groups in total. The molecule has 0 spiro atoms. The number of rotatable bonds is 8. The number of nitriles is 1. The molecule has 0 saturated heterocycles. The summed E-state index contributed by atoms with van der Waals surface area (Å²) in [5.74, 6) is 0.833. The van der Waals surface area contributed by atoms with Gasteiger partial charge in [-0.1, -0.05) is 18.2 Å². The Balaban J connectivity index is 1.79. The average Bonchev–Trinajstić information content (AvgIpc) is 2.79. The lowest BCUT2D eigenvalue weighted by Crippen LogP contribution is -2.07. The molecule has 0 fully saturated rings. The van der Waals surface area contributed by atoms with Crippen molar-refractivity contribution in [2.75, 3.05) is 20.3 Å². The molecule has 0 aliphatic heterocycles. The fourth-order valence-electron chi connectivity index (χ4n) is 3.08. The number of para-hydroxylation sites is 1. The van der Waals surface area contributed by atoms with Gasteiger partial charge in [-0.05, 0) is 48.9 Å². The zero-order chi connectivity index (χ0) is 21.3. The summed E-state index contributed by atoms with van der Waals surface area (Å²) in [6, 6.07) is 18.4. The zero-order valence-electron chi connectivity index (χ0n) is 16.9. The number of ether oxygens (including phenoxy) is 3. The molecule has 152 valence electrons. The minimum atomic E-state index is -0.448. The van der Waals surface area contributed by atoms with Crippen molar-refractivity contribution in [3.05, 3.63) is 77.5 Å². The van der Waals surface area contributed by atoms with Crippen LogP contribution in [0, 0.1) is 11.3 Å². The van der Waals surface area contributed by atoms with E-state index in [0.717, 1.165) is 11.3 Å². The molecule has 3 aromatic rings. The van der Waals surface area contributed by atoms with E-state index < -0.39 is 5.97 Å². The monoisotopic (exact) mass is 402 g/mol. The molecule has 0 atom stereocenters. The summed E-state index contributed by atoms with van der Waals surface area (Å²) >= 11 is 0. The number of carbonyl (C=O) groups is 1. The van der Waals surface area contributed by atoms with E-state index in [0.29, 0.717) is 41.2 Å². The lowest BCUT2D eigenvalue weighted by molar-refractivity contribution is 0.0527. The van der Waals surface area contributed by atoms with Crippen LogP contribution in [0.2, 0.25) is 0 Å². The van der Waals surface area contributed by atoms with Crippen LogP contribution in [0.4, 0.5) is 0 Å². The SMILES string of the molecule is CCOC(=O)c1cccnc1-c1ccc(OCCc2ccccc2OC)c(C#N)c1. The molecule has 1 heterocycles. The van der Waals surface area contributed by atoms with Gasteiger partial charge in [-0.2, -0.15) is 5.26 Å². The van der Waals surface area contributed by atoms with Crippen molar-refractivity contribution in [2.24, 2.45) is 0 Å².